The van der Waals surface area contributed by atoms with Crippen LogP contribution >= 0.6 is 11.6 Å². The van der Waals surface area contributed by atoms with Gasteiger partial charge in [0.25, 0.3) is 5.91 Å². The Morgan fingerprint density at radius 1 is 1.00 bits per heavy atom. The zero-order valence-electron chi connectivity index (χ0n) is 16.4. The number of halogens is 1. The first kappa shape index (κ1) is 21.8. The van der Waals surface area contributed by atoms with E-state index in [1.54, 1.807) is 30.3 Å². The minimum absolute atomic E-state index is 0.0157. The topological polar surface area (TPSA) is 66.5 Å². The highest BCUT2D eigenvalue weighted by atomic mass is 35.5. The van der Waals surface area contributed by atoms with Gasteiger partial charge in [-0.15, -0.1) is 11.6 Å². The Balaban J connectivity index is 1.63. The Labute approximate surface area is 178 Å². The summed E-state index contributed by atoms with van der Waals surface area (Å²) in [6.07, 6.45) is 4.93. The Kier molecular flexibility index (Phi) is 7.70. The molecule has 0 saturated carbocycles. The molecular formula is C22H27ClN2O3S. The van der Waals surface area contributed by atoms with Crippen LogP contribution in [-0.4, -0.2) is 38.2 Å². The Hall–Kier alpha value is -1.89. The standard InChI is InChI=1S/C22H27ClN2O3S/c23-13-5-7-18-9-11-21(12-10-18)29(27,28)24-17-19-6-4-8-20(16-19)22(26)25-14-2-1-3-15-25/h4,6,8-12,16,24H,1-3,5,7,13-15,17H2. The molecule has 156 valence electrons. The van der Waals surface area contributed by atoms with E-state index in [2.05, 4.69) is 4.72 Å². The molecule has 0 aliphatic carbocycles. The molecule has 1 heterocycles. The zero-order chi connectivity index (χ0) is 20.7. The molecule has 1 amide bonds. The van der Waals surface area contributed by atoms with Crippen LogP contribution in [0.5, 0.6) is 0 Å². The summed E-state index contributed by atoms with van der Waals surface area (Å²) in [7, 11) is -3.62. The van der Waals surface area contributed by atoms with Gasteiger partial charge in [-0.05, 0) is 67.5 Å². The fraction of sp³-hybridized carbons (Fsp3) is 0.409. The van der Waals surface area contributed by atoms with Gasteiger partial charge in [0.1, 0.15) is 0 Å². The molecule has 1 aliphatic heterocycles. The van der Waals surface area contributed by atoms with Crippen molar-refractivity contribution in [3.63, 3.8) is 0 Å². The molecule has 1 N–H and O–H groups in total. The van der Waals surface area contributed by atoms with Crippen molar-refractivity contribution in [1.82, 2.24) is 9.62 Å². The maximum atomic E-state index is 12.7. The summed E-state index contributed by atoms with van der Waals surface area (Å²) >= 11 is 5.70. The number of amides is 1. The molecule has 0 atom stereocenters. The third-order valence-corrected chi connectivity index (χ3v) is 6.80. The summed E-state index contributed by atoms with van der Waals surface area (Å²) in [5.41, 5.74) is 2.43. The average molecular weight is 435 g/mol. The first-order chi connectivity index (χ1) is 14.0. The predicted octanol–water partition coefficient (Wildman–Crippen LogP) is 3.96. The van der Waals surface area contributed by atoms with Gasteiger partial charge in [-0.3, -0.25) is 4.79 Å². The van der Waals surface area contributed by atoms with Crippen LogP contribution in [0.1, 0.15) is 47.2 Å². The van der Waals surface area contributed by atoms with E-state index in [0.29, 0.717) is 11.4 Å². The fourth-order valence-electron chi connectivity index (χ4n) is 3.46. The molecule has 7 heteroatoms. The highest BCUT2D eigenvalue weighted by molar-refractivity contribution is 7.89. The number of sulfonamides is 1. The van der Waals surface area contributed by atoms with E-state index in [-0.39, 0.29) is 17.3 Å². The van der Waals surface area contributed by atoms with Crippen molar-refractivity contribution in [3.8, 4) is 0 Å². The van der Waals surface area contributed by atoms with Gasteiger partial charge in [0.05, 0.1) is 4.90 Å². The maximum absolute atomic E-state index is 12.7. The molecule has 0 unspecified atom stereocenters. The first-order valence-corrected chi connectivity index (χ1v) is 12.0. The molecule has 1 fully saturated rings. The summed E-state index contributed by atoms with van der Waals surface area (Å²) in [5.74, 6) is 0.600. The van der Waals surface area contributed by atoms with E-state index in [1.807, 2.05) is 23.1 Å². The van der Waals surface area contributed by atoms with E-state index in [4.69, 9.17) is 11.6 Å². The third kappa shape index (κ3) is 6.04. The van der Waals surface area contributed by atoms with E-state index in [9.17, 15) is 13.2 Å². The molecule has 0 bridgehead atoms. The number of hydrogen-bond donors (Lipinski definition) is 1. The second-order valence-electron chi connectivity index (χ2n) is 7.31. The van der Waals surface area contributed by atoms with Gasteiger partial charge in [0.2, 0.25) is 10.0 Å². The normalized spacial score (nSPS) is 14.7. The Morgan fingerprint density at radius 2 is 1.72 bits per heavy atom. The molecule has 2 aromatic rings. The van der Waals surface area contributed by atoms with Crippen molar-refractivity contribution < 1.29 is 13.2 Å². The zero-order valence-corrected chi connectivity index (χ0v) is 18.0. The fourth-order valence-corrected chi connectivity index (χ4v) is 4.61. The molecule has 1 saturated heterocycles. The number of carbonyl (C=O) groups excluding carboxylic acids is 1. The van der Waals surface area contributed by atoms with Crippen LogP contribution in [0.15, 0.2) is 53.4 Å². The Bertz CT molecular complexity index is 923. The SMILES string of the molecule is O=C(c1cccc(CNS(=O)(=O)c2ccc(CCCCl)cc2)c1)N1CCCCC1. The first-order valence-electron chi connectivity index (χ1n) is 10.0. The Morgan fingerprint density at radius 3 is 2.41 bits per heavy atom. The number of benzene rings is 2. The number of nitrogens with one attached hydrogen (secondary N) is 1. The highest BCUT2D eigenvalue weighted by Crippen LogP contribution is 2.16. The molecule has 0 aromatic heterocycles. The number of likely N-dealkylation sites (tertiary alicyclic amines) is 1. The summed E-state index contributed by atoms with van der Waals surface area (Å²) in [5, 5.41) is 0. The molecule has 29 heavy (non-hydrogen) atoms. The van der Waals surface area contributed by atoms with Crippen molar-refractivity contribution in [2.45, 2.75) is 43.5 Å². The molecule has 5 nitrogen and oxygen atoms in total. The van der Waals surface area contributed by atoms with Crippen molar-refractivity contribution in [1.29, 1.82) is 0 Å². The summed E-state index contributed by atoms with van der Waals surface area (Å²) in [6, 6.07) is 14.0. The van der Waals surface area contributed by atoms with Crippen LogP contribution in [-0.2, 0) is 23.0 Å². The van der Waals surface area contributed by atoms with Crippen LogP contribution in [0, 0.1) is 0 Å². The monoisotopic (exact) mass is 434 g/mol. The van der Waals surface area contributed by atoms with E-state index >= 15 is 0 Å². The van der Waals surface area contributed by atoms with Crippen molar-refractivity contribution in [3.05, 3.63) is 65.2 Å². The van der Waals surface area contributed by atoms with Crippen LogP contribution in [0.4, 0.5) is 0 Å². The van der Waals surface area contributed by atoms with E-state index < -0.39 is 10.0 Å². The molecule has 0 radical (unpaired) electrons. The largest absolute Gasteiger partial charge is 0.339 e. The molecule has 3 rings (SSSR count). The number of hydrogen-bond acceptors (Lipinski definition) is 3. The lowest BCUT2D eigenvalue weighted by molar-refractivity contribution is 0.0724. The molecule has 0 spiro atoms. The van der Waals surface area contributed by atoms with Gasteiger partial charge in [0, 0.05) is 31.1 Å². The minimum Gasteiger partial charge on any atom is -0.339 e. The summed E-state index contributed by atoms with van der Waals surface area (Å²) in [6.45, 7) is 1.71. The van der Waals surface area contributed by atoms with Gasteiger partial charge in [-0.2, -0.15) is 0 Å². The minimum atomic E-state index is -3.62. The number of rotatable bonds is 8. The second-order valence-corrected chi connectivity index (χ2v) is 9.46. The lowest BCUT2D eigenvalue weighted by Gasteiger charge is -2.26. The number of nitrogens with zero attached hydrogens (tertiary/aromatic N) is 1. The average Bonchev–Trinajstić information content (AvgIpc) is 2.77. The van der Waals surface area contributed by atoms with Gasteiger partial charge < -0.3 is 4.90 Å². The van der Waals surface area contributed by atoms with Crippen molar-refractivity contribution >= 4 is 27.5 Å². The molecule has 1 aliphatic rings. The highest BCUT2D eigenvalue weighted by Gasteiger charge is 2.19. The van der Waals surface area contributed by atoms with Gasteiger partial charge in [0.15, 0.2) is 0 Å². The number of alkyl halides is 1. The number of aryl methyl sites for hydroxylation is 1. The van der Waals surface area contributed by atoms with Crippen LogP contribution in [0.2, 0.25) is 0 Å². The van der Waals surface area contributed by atoms with Gasteiger partial charge >= 0.3 is 0 Å². The lowest BCUT2D eigenvalue weighted by Crippen LogP contribution is -2.35. The van der Waals surface area contributed by atoms with Crippen molar-refractivity contribution in [2.24, 2.45) is 0 Å². The summed E-state index contributed by atoms with van der Waals surface area (Å²) in [4.78, 5) is 14.8. The molecular weight excluding hydrogens is 408 g/mol. The van der Waals surface area contributed by atoms with Crippen LogP contribution < -0.4 is 4.72 Å². The predicted molar refractivity (Wildman–Crippen MR) is 116 cm³/mol. The van der Waals surface area contributed by atoms with Crippen molar-refractivity contribution in [2.75, 3.05) is 19.0 Å². The van der Waals surface area contributed by atoms with Crippen LogP contribution in [0.25, 0.3) is 0 Å². The number of carbonyl (C=O) groups is 1. The van der Waals surface area contributed by atoms with Gasteiger partial charge in [-0.25, -0.2) is 13.1 Å². The van der Waals surface area contributed by atoms with Gasteiger partial charge in [-0.1, -0.05) is 24.3 Å². The van der Waals surface area contributed by atoms with E-state index in [1.165, 1.54) is 6.42 Å². The smallest absolute Gasteiger partial charge is 0.253 e. The maximum Gasteiger partial charge on any atom is 0.253 e. The summed E-state index contributed by atoms with van der Waals surface area (Å²) < 4.78 is 27.8. The van der Waals surface area contributed by atoms with Crippen LogP contribution in [0.3, 0.4) is 0 Å². The number of piperidine rings is 1. The second kappa shape index (κ2) is 10.2. The molecule has 2 aromatic carbocycles. The third-order valence-electron chi connectivity index (χ3n) is 5.12. The van der Waals surface area contributed by atoms with E-state index in [0.717, 1.165) is 49.9 Å². The quantitative estimate of drug-likeness (QED) is 0.639. The lowest BCUT2D eigenvalue weighted by atomic mass is 10.1.